The van der Waals surface area contributed by atoms with Crippen LogP contribution < -0.4 is 4.89 Å². The fraction of sp³-hybridized carbons (Fsp3) is 0.765. The number of hydrogen-bond donors (Lipinski definition) is 0. The zero-order chi connectivity index (χ0) is 15.7. The van der Waals surface area contributed by atoms with E-state index < -0.39 is 7.37 Å². The molecule has 2 aliphatic rings. The van der Waals surface area contributed by atoms with E-state index in [1.54, 1.807) is 16.0 Å². The van der Waals surface area contributed by atoms with Gasteiger partial charge in [0, 0.05) is 37.7 Å². The molecule has 4 nitrogen and oxygen atoms in total. The molecule has 0 saturated carbocycles. The van der Waals surface area contributed by atoms with Crippen molar-refractivity contribution < 1.29 is 9.46 Å². The van der Waals surface area contributed by atoms with Gasteiger partial charge in [0.25, 0.3) is 0 Å². The number of hydrogen-bond acceptors (Lipinski definition) is 3. The third-order valence-electron chi connectivity index (χ3n) is 5.06. The normalized spacial score (nSPS) is 20.5. The Morgan fingerprint density at radius 3 is 2.00 bits per heavy atom. The number of nitrogens with zero attached hydrogens (tertiary/aromatic N) is 2. The van der Waals surface area contributed by atoms with E-state index in [1.807, 2.05) is 14.1 Å². The monoisotopic (exact) mass is 323 g/mol. The Morgan fingerprint density at radius 1 is 1.00 bits per heavy atom. The second-order valence-electron chi connectivity index (χ2n) is 7.18. The number of fused-ring (bicyclic) bond motifs is 3. The zero-order valence-corrected chi connectivity index (χ0v) is 14.8. The van der Waals surface area contributed by atoms with Crippen LogP contribution in [0.15, 0.2) is 0 Å². The van der Waals surface area contributed by atoms with Crippen molar-refractivity contribution in [2.45, 2.75) is 57.9 Å². The van der Waals surface area contributed by atoms with Crippen LogP contribution in [0.1, 0.15) is 48.2 Å². The van der Waals surface area contributed by atoms with E-state index in [9.17, 15) is 9.46 Å². The predicted octanol–water partition coefficient (Wildman–Crippen LogP) is 2.40. The van der Waals surface area contributed by atoms with Gasteiger partial charge in [-0.15, -0.1) is 0 Å². The molecule has 0 saturated heterocycles. The molecule has 0 fully saturated rings. The zero-order valence-electron chi connectivity index (χ0n) is 13.9. The van der Waals surface area contributed by atoms with E-state index >= 15 is 0 Å². The summed E-state index contributed by atoms with van der Waals surface area (Å²) in [6.07, 6.45) is 10.3. The van der Waals surface area contributed by atoms with E-state index in [0.717, 1.165) is 12.8 Å². The summed E-state index contributed by atoms with van der Waals surface area (Å²) in [5, 5.41) is 0. The molecule has 0 aliphatic heterocycles. The largest absolute Gasteiger partial charge is 0.798 e. The summed E-state index contributed by atoms with van der Waals surface area (Å²) in [6.45, 7) is 0.659. The first kappa shape index (κ1) is 16.3. The molecule has 3 rings (SSSR count). The molecule has 1 unspecified atom stereocenters. The first-order valence-electron chi connectivity index (χ1n) is 8.64. The second-order valence-corrected chi connectivity index (χ2v) is 9.53. The number of rotatable bonds is 5. The van der Waals surface area contributed by atoms with Crippen molar-refractivity contribution in [1.29, 1.82) is 0 Å². The lowest BCUT2D eigenvalue weighted by atomic mass is 9.89. The van der Waals surface area contributed by atoms with Gasteiger partial charge < -0.3 is 18.9 Å². The molecule has 124 valence electrons. The average Bonchev–Trinajstić information content (AvgIpc) is 2.78. The maximum absolute atomic E-state index is 12.2. The van der Waals surface area contributed by atoms with Crippen LogP contribution in [0.3, 0.4) is 0 Å². The lowest BCUT2D eigenvalue weighted by Crippen LogP contribution is -2.23. The van der Waals surface area contributed by atoms with Gasteiger partial charge in [-0.05, 0) is 76.6 Å². The van der Waals surface area contributed by atoms with E-state index in [1.165, 1.54) is 49.9 Å². The second kappa shape index (κ2) is 6.51. The highest BCUT2D eigenvalue weighted by atomic mass is 31.2. The Hall–Kier alpha value is -0.570. The SMILES string of the molecule is CN(C)CP(=O)([O-])CCn1c2c(c3c1CCCC3)CCCC2. The summed E-state index contributed by atoms with van der Waals surface area (Å²) in [5.74, 6) is 0. The van der Waals surface area contributed by atoms with Crippen molar-refractivity contribution in [3.63, 3.8) is 0 Å². The molecule has 1 heterocycles. The molecule has 0 amide bonds. The molecule has 22 heavy (non-hydrogen) atoms. The summed E-state index contributed by atoms with van der Waals surface area (Å²) >= 11 is 0. The lowest BCUT2D eigenvalue weighted by Gasteiger charge is -2.28. The minimum atomic E-state index is -3.31. The fourth-order valence-corrected chi connectivity index (χ4v) is 5.72. The summed E-state index contributed by atoms with van der Waals surface area (Å²) < 4.78 is 14.6. The highest BCUT2D eigenvalue weighted by Gasteiger charge is 2.26. The predicted molar refractivity (Wildman–Crippen MR) is 88.7 cm³/mol. The quantitative estimate of drug-likeness (QED) is 0.782. The van der Waals surface area contributed by atoms with E-state index in [4.69, 9.17) is 0 Å². The van der Waals surface area contributed by atoms with Crippen LogP contribution in [0.25, 0.3) is 0 Å². The molecule has 0 aromatic carbocycles. The van der Waals surface area contributed by atoms with Crippen molar-refractivity contribution in [1.82, 2.24) is 9.47 Å². The highest BCUT2D eigenvalue weighted by Crippen LogP contribution is 2.38. The molecule has 1 aromatic heterocycles. The van der Waals surface area contributed by atoms with Gasteiger partial charge in [-0.2, -0.15) is 0 Å². The molecular formula is C17H28N2O2P-. The maximum atomic E-state index is 12.2. The van der Waals surface area contributed by atoms with E-state index in [2.05, 4.69) is 4.57 Å². The Morgan fingerprint density at radius 2 is 1.50 bits per heavy atom. The van der Waals surface area contributed by atoms with Crippen molar-refractivity contribution in [3.8, 4) is 0 Å². The van der Waals surface area contributed by atoms with Crippen LogP contribution >= 0.6 is 7.37 Å². The van der Waals surface area contributed by atoms with Gasteiger partial charge in [-0.1, -0.05) is 0 Å². The first-order valence-corrected chi connectivity index (χ1v) is 10.6. The summed E-state index contributed by atoms with van der Waals surface area (Å²) in [7, 11) is 0.340. The van der Waals surface area contributed by atoms with Gasteiger partial charge in [0.15, 0.2) is 0 Å². The summed E-state index contributed by atoms with van der Waals surface area (Å²) in [4.78, 5) is 14.0. The molecule has 0 radical (unpaired) electrons. The van der Waals surface area contributed by atoms with Crippen molar-refractivity contribution >= 4 is 7.37 Å². The van der Waals surface area contributed by atoms with Gasteiger partial charge in [0.2, 0.25) is 0 Å². The highest BCUT2D eigenvalue weighted by molar-refractivity contribution is 7.56. The Kier molecular flexibility index (Phi) is 4.82. The third-order valence-corrected chi connectivity index (χ3v) is 6.93. The van der Waals surface area contributed by atoms with Crippen molar-refractivity contribution in [3.05, 3.63) is 22.5 Å². The Balaban J connectivity index is 1.84. The lowest BCUT2D eigenvalue weighted by molar-refractivity contribution is -0.176. The summed E-state index contributed by atoms with van der Waals surface area (Å²) in [5.41, 5.74) is 6.08. The van der Waals surface area contributed by atoms with Crippen LogP contribution in [0, 0.1) is 0 Å². The van der Waals surface area contributed by atoms with Gasteiger partial charge >= 0.3 is 0 Å². The van der Waals surface area contributed by atoms with E-state index in [0.29, 0.717) is 12.7 Å². The minimum Gasteiger partial charge on any atom is -0.798 e. The van der Waals surface area contributed by atoms with Gasteiger partial charge in [0.05, 0.1) is 0 Å². The average molecular weight is 323 g/mol. The van der Waals surface area contributed by atoms with Crippen molar-refractivity contribution in [2.24, 2.45) is 0 Å². The molecule has 0 N–H and O–H groups in total. The summed E-state index contributed by atoms with van der Waals surface area (Å²) in [6, 6.07) is 0. The van der Waals surface area contributed by atoms with Crippen LogP contribution in [0.2, 0.25) is 0 Å². The van der Waals surface area contributed by atoms with Crippen LogP contribution in [0.5, 0.6) is 0 Å². The topological polar surface area (TPSA) is 48.3 Å². The Labute approximate surface area is 134 Å². The molecule has 1 atom stereocenters. The fourth-order valence-electron chi connectivity index (χ4n) is 4.21. The van der Waals surface area contributed by atoms with Gasteiger partial charge in [-0.25, -0.2) is 0 Å². The molecule has 0 spiro atoms. The maximum Gasteiger partial charge on any atom is 0.0386 e. The molecule has 0 bridgehead atoms. The van der Waals surface area contributed by atoms with Gasteiger partial charge in [-0.3, -0.25) is 0 Å². The minimum absolute atomic E-state index is 0.179. The van der Waals surface area contributed by atoms with Gasteiger partial charge in [0.1, 0.15) is 0 Å². The molecule has 1 aromatic rings. The standard InChI is InChI=1S/C17H29N2O2P/c1-18(2)13-22(20,21)12-11-19-16-9-5-3-7-14(16)15-8-4-6-10-17(15)19/h3-13H2,1-2H3,(H,20,21)/p-1. The molecule has 5 heteroatoms. The van der Waals surface area contributed by atoms with Crippen molar-refractivity contribution in [2.75, 3.05) is 26.5 Å². The smallest absolute Gasteiger partial charge is 0.0386 e. The number of aromatic nitrogens is 1. The molecular weight excluding hydrogens is 295 g/mol. The third kappa shape index (κ3) is 3.34. The molecule has 2 aliphatic carbocycles. The van der Waals surface area contributed by atoms with Crippen LogP contribution in [-0.4, -0.2) is 36.0 Å². The van der Waals surface area contributed by atoms with Crippen LogP contribution in [-0.2, 0) is 36.8 Å². The Bertz CT molecular complexity index is 558. The van der Waals surface area contributed by atoms with E-state index in [-0.39, 0.29) is 6.29 Å². The van der Waals surface area contributed by atoms with Crippen LogP contribution in [0.4, 0.5) is 0 Å². The first-order chi connectivity index (χ1) is 10.5.